The number of hydrogen-bond acceptors (Lipinski definition) is 3. The molecule has 0 aromatic carbocycles. The molecule has 2 heterocycles. The Morgan fingerprint density at radius 2 is 2.13 bits per heavy atom. The van der Waals surface area contributed by atoms with Crippen LogP contribution in [0.3, 0.4) is 0 Å². The lowest BCUT2D eigenvalue weighted by Crippen LogP contribution is -2.36. The van der Waals surface area contributed by atoms with Gasteiger partial charge in [0.2, 0.25) is 0 Å². The van der Waals surface area contributed by atoms with Crippen LogP contribution in [0.15, 0.2) is 18.3 Å². The standard InChI is InChI=1S/C10H13ClN2O.ClH/c11-8-9-7-10(1-2-12-9)13-3-5-14-6-4-13;/h1-2,7H,3-6,8H2;1H. The van der Waals surface area contributed by atoms with Crippen LogP contribution in [0.1, 0.15) is 5.69 Å². The molecule has 0 unspecified atom stereocenters. The monoisotopic (exact) mass is 248 g/mol. The number of ether oxygens (including phenoxy) is 1. The summed E-state index contributed by atoms with van der Waals surface area (Å²) in [5.41, 5.74) is 2.12. The second kappa shape index (κ2) is 6.16. The Bertz CT molecular complexity index is 303. The van der Waals surface area contributed by atoms with Gasteiger partial charge in [-0.15, -0.1) is 24.0 Å². The van der Waals surface area contributed by atoms with Crippen LogP contribution in [-0.2, 0) is 10.6 Å². The number of halogens is 2. The van der Waals surface area contributed by atoms with Crippen molar-refractivity contribution >= 4 is 29.7 Å². The molecule has 15 heavy (non-hydrogen) atoms. The van der Waals surface area contributed by atoms with Gasteiger partial charge >= 0.3 is 0 Å². The van der Waals surface area contributed by atoms with Crippen molar-refractivity contribution in [3.8, 4) is 0 Å². The molecule has 0 spiro atoms. The van der Waals surface area contributed by atoms with Crippen molar-refractivity contribution < 1.29 is 4.74 Å². The molecule has 0 amide bonds. The number of alkyl halides is 1. The van der Waals surface area contributed by atoms with Crippen molar-refractivity contribution in [2.45, 2.75) is 5.88 Å². The van der Waals surface area contributed by atoms with E-state index in [1.54, 1.807) is 0 Å². The summed E-state index contributed by atoms with van der Waals surface area (Å²) >= 11 is 5.73. The van der Waals surface area contributed by atoms with Crippen molar-refractivity contribution in [2.24, 2.45) is 0 Å². The van der Waals surface area contributed by atoms with Crippen molar-refractivity contribution in [1.29, 1.82) is 0 Å². The predicted octanol–water partition coefficient (Wildman–Crippen LogP) is 2.08. The molecule has 84 valence electrons. The van der Waals surface area contributed by atoms with E-state index < -0.39 is 0 Å². The lowest BCUT2D eigenvalue weighted by atomic mass is 10.3. The van der Waals surface area contributed by atoms with E-state index in [0.717, 1.165) is 32.0 Å². The molecule has 1 aliphatic heterocycles. The lowest BCUT2D eigenvalue weighted by Gasteiger charge is -2.28. The molecule has 3 nitrogen and oxygen atoms in total. The van der Waals surface area contributed by atoms with Crippen LogP contribution in [-0.4, -0.2) is 31.3 Å². The first kappa shape index (κ1) is 12.6. The van der Waals surface area contributed by atoms with E-state index in [-0.39, 0.29) is 12.4 Å². The first-order valence-electron chi connectivity index (χ1n) is 4.74. The minimum atomic E-state index is 0. The average Bonchev–Trinajstić information content (AvgIpc) is 2.30. The number of nitrogens with zero attached hydrogens (tertiary/aromatic N) is 2. The maximum atomic E-state index is 5.73. The van der Waals surface area contributed by atoms with Gasteiger partial charge in [0.05, 0.1) is 24.8 Å². The molecule has 0 aliphatic carbocycles. The highest BCUT2D eigenvalue weighted by molar-refractivity contribution is 6.16. The quantitative estimate of drug-likeness (QED) is 0.750. The van der Waals surface area contributed by atoms with Crippen molar-refractivity contribution in [3.05, 3.63) is 24.0 Å². The van der Waals surface area contributed by atoms with E-state index in [4.69, 9.17) is 16.3 Å². The molecular formula is C10H14Cl2N2O. The second-order valence-corrected chi connectivity index (χ2v) is 3.51. The number of anilines is 1. The van der Waals surface area contributed by atoms with Gasteiger partial charge in [0.15, 0.2) is 0 Å². The van der Waals surface area contributed by atoms with Gasteiger partial charge in [-0.2, -0.15) is 0 Å². The SMILES string of the molecule is Cl.ClCc1cc(N2CCOCC2)ccn1. The molecule has 1 aliphatic rings. The molecule has 1 fully saturated rings. The molecule has 5 heteroatoms. The van der Waals surface area contributed by atoms with Crippen LogP contribution < -0.4 is 4.90 Å². The van der Waals surface area contributed by atoms with Crippen LogP contribution in [0.5, 0.6) is 0 Å². The number of aromatic nitrogens is 1. The van der Waals surface area contributed by atoms with E-state index in [1.807, 2.05) is 18.3 Å². The molecule has 2 rings (SSSR count). The van der Waals surface area contributed by atoms with Crippen LogP contribution in [0, 0.1) is 0 Å². The summed E-state index contributed by atoms with van der Waals surface area (Å²) in [7, 11) is 0. The van der Waals surface area contributed by atoms with Gasteiger partial charge in [-0.25, -0.2) is 0 Å². The second-order valence-electron chi connectivity index (χ2n) is 3.24. The van der Waals surface area contributed by atoms with Gasteiger partial charge < -0.3 is 9.64 Å². The third kappa shape index (κ3) is 3.23. The van der Waals surface area contributed by atoms with Crippen LogP contribution in [0.4, 0.5) is 5.69 Å². The fraction of sp³-hybridized carbons (Fsp3) is 0.500. The van der Waals surface area contributed by atoms with Gasteiger partial charge in [0.25, 0.3) is 0 Å². The Kier molecular flexibility index (Phi) is 5.15. The molecule has 0 N–H and O–H groups in total. The minimum Gasteiger partial charge on any atom is -0.378 e. The zero-order valence-corrected chi connectivity index (χ0v) is 9.93. The maximum Gasteiger partial charge on any atom is 0.0648 e. The third-order valence-electron chi connectivity index (χ3n) is 2.31. The molecule has 0 radical (unpaired) electrons. The zero-order chi connectivity index (χ0) is 9.80. The highest BCUT2D eigenvalue weighted by Gasteiger charge is 2.11. The minimum absolute atomic E-state index is 0. The Labute approximate surface area is 101 Å². The number of rotatable bonds is 2. The van der Waals surface area contributed by atoms with Gasteiger partial charge in [-0.1, -0.05) is 0 Å². The summed E-state index contributed by atoms with van der Waals surface area (Å²) < 4.78 is 5.29. The first-order chi connectivity index (χ1) is 6.90. The molecule has 1 aromatic heterocycles. The molecule has 0 bridgehead atoms. The van der Waals surface area contributed by atoms with Gasteiger partial charge in [0, 0.05) is 25.0 Å². The molecule has 1 aromatic rings. The summed E-state index contributed by atoms with van der Waals surface area (Å²) in [6.07, 6.45) is 1.81. The summed E-state index contributed by atoms with van der Waals surface area (Å²) in [6.45, 7) is 3.51. The Hall–Kier alpha value is -0.510. The van der Waals surface area contributed by atoms with Crippen LogP contribution in [0.25, 0.3) is 0 Å². The zero-order valence-electron chi connectivity index (χ0n) is 8.36. The topological polar surface area (TPSA) is 25.4 Å². The van der Waals surface area contributed by atoms with Crippen LogP contribution in [0.2, 0.25) is 0 Å². The third-order valence-corrected chi connectivity index (χ3v) is 2.59. The Morgan fingerprint density at radius 3 is 2.80 bits per heavy atom. The lowest BCUT2D eigenvalue weighted by molar-refractivity contribution is 0.122. The molecular weight excluding hydrogens is 235 g/mol. The largest absolute Gasteiger partial charge is 0.378 e. The summed E-state index contributed by atoms with van der Waals surface area (Å²) in [5.74, 6) is 0.470. The highest BCUT2D eigenvalue weighted by Crippen LogP contribution is 2.16. The summed E-state index contributed by atoms with van der Waals surface area (Å²) in [4.78, 5) is 6.46. The van der Waals surface area contributed by atoms with E-state index in [9.17, 15) is 0 Å². The van der Waals surface area contributed by atoms with E-state index in [0.29, 0.717) is 5.88 Å². The van der Waals surface area contributed by atoms with E-state index >= 15 is 0 Å². The smallest absolute Gasteiger partial charge is 0.0648 e. The highest BCUT2D eigenvalue weighted by atomic mass is 35.5. The van der Waals surface area contributed by atoms with Gasteiger partial charge in [-0.05, 0) is 12.1 Å². The number of hydrogen-bond donors (Lipinski definition) is 0. The van der Waals surface area contributed by atoms with Crippen molar-refractivity contribution in [3.63, 3.8) is 0 Å². The summed E-state index contributed by atoms with van der Waals surface area (Å²) in [5, 5.41) is 0. The Morgan fingerprint density at radius 1 is 1.40 bits per heavy atom. The van der Waals surface area contributed by atoms with Crippen molar-refractivity contribution in [1.82, 2.24) is 4.98 Å². The molecule has 1 saturated heterocycles. The fourth-order valence-corrected chi connectivity index (χ4v) is 1.70. The average molecular weight is 249 g/mol. The molecule has 0 atom stereocenters. The van der Waals surface area contributed by atoms with Gasteiger partial charge in [-0.3, -0.25) is 4.98 Å². The van der Waals surface area contributed by atoms with E-state index in [2.05, 4.69) is 9.88 Å². The first-order valence-corrected chi connectivity index (χ1v) is 5.27. The van der Waals surface area contributed by atoms with Crippen LogP contribution >= 0.6 is 24.0 Å². The molecule has 0 saturated carbocycles. The normalized spacial score (nSPS) is 15.9. The number of morpholine rings is 1. The maximum absolute atomic E-state index is 5.73. The fourth-order valence-electron chi connectivity index (χ4n) is 1.56. The van der Waals surface area contributed by atoms with E-state index in [1.165, 1.54) is 5.69 Å². The van der Waals surface area contributed by atoms with Crippen molar-refractivity contribution in [2.75, 3.05) is 31.2 Å². The van der Waals surface area contributed by atoms with Gasteiger partial charge in [0.1, 0.15) is 0 Å². The predicted molar refractivity (Wildman–Crippen MR) is 64.1 cm³/mol. The Balaban J connectivity index is 0.00000112. The summed E-state index contributed by atoms with van der Waals surface area (Å²) in [6, 6.07) is 4.06. The number of pyridine rings is 1.